The molecule has 1 aromatic heterocycles. The highest BCUT2D eigenvalue weighted by Crippen LogP contribution is 2.29. The first-order valence-electron chi connectivity index (χ1n) is 6.81. The number of oxazole rings is 1. The molecule has 1 aliphatic heterocycles. The second-order valence-electron chi connectivity index (χ2n) is 5.06. The third-order valence-corrected chi connectivity index (χ3v) is 4.37. The van der Waals surface area contributed by atoms with Gasteiger partial charge in [-0.05, 0) is 25.5 Å². The van der Waals surface area contributed by atoms with Crippen LogP contribution < -0.4 is 0 Å². The highest BCUT2D eigenvalue weighted by atomic mass is 79.9. The number of likely N-dealkylation sites (tertiary alicyclic amines) is 1. The van der Waals surface area contributed by atoms with Crippen molar-refractivity contribution in [3.63, 3.8) is 0 Å². The van der Waals surface area contributed by atoms with Crippen LogP contribution in [-0.2, 0) is 11.3 Å². The standard InChI is InChI=1S/C15H15BrN2O3/c16-11-5-2-1-4-10(11)13-8-17-14(21-13)9-18-7-3-6-12(18)15(19)20/h1-2,4-5,8,12H,3,6-7,9H2,(H,19,20)/t12-/m1/s1. The van der Waals surface area contributed by atoms with E-state index in [-0.39, 0.29) is 0 Å². The molecule has 3 rings (SSSR count). The van der Waals surface area contributed by atoms with E-state index >= 15 is 0 Å². The van der Waals surface area contributed by atoms with Crippen LogP contribution in [0.5, 0.6) is 0 Å². The maximum absolute atomic E-state index is 11.2. The summed E-state index contributed by atoms with van der Waals surface area (Å²) in [7, 11) is 0. The van der Waals surface area contributed by atoms with E-state index in [0.717, 1.165) is 23.0 Å². The van der Waals surface area contributed by atoms with Gasteiger partial charge in [-0.2, -0.15) is 0 Å². The fourth-order valence-electron chi connectivity index (χ4n) is 2.64. The second-order valence-corrected chi connectivity index (χ2v) is 5.92. The summed E-state index contributed by atoms with van der Waals surface area (Å²) in [5.41, 5.74) is 0.937. The van der Waals surface area contributed by atoms with Crippen LogP contribution >= 0.6 is 15.9 Å². The average molecular weight is 351 g/mol. The second kappa shape index (κ2) is 5.99. The maximum Gasteiger partial charge on any atom is 0.320 e. The van der Waals surface area contributed by atoms with E-state index in [0.29, 0.717) is 24.6 Å². The van der Waals surface area contributed by atoms with Gasteiger partial charge in [0, 0.05) is 10.0 Å². The molecule has 0 aliphatic carbocycles. The van der Waals surface area contributed by atoms with Crippen molar-refractivity contribution in [1.82, 2.24) is 9.88 Å². The fourth-order valence-corrected chi connectivity index (χ4v) is 3.12. The van der Waals surface area contributed by atoms with Crippen LogP contribution in [0.3, 0.4) is 0 Å². The number of carbonyl (C=O) groups is 1. The first kappa shape index (κ1) is 14.3. The topological polar surface area (TPSA) is 66.6 Å². The summed E-state index contributed by atoms with van der Waals surface area (Å²) in [6.45, 7) is 1.20. The SMILES string of the molecule is O=C(O)[C@H]1CCCN1Cc1ncc(-c2ccccc2Br)o1. The number of carboxylic acid groups (broad SMARTS) is 1. The van der Waals surface area contributed by atoms with Crippen molar-refractivity contribution < 1.29 is 14.3 Å². The molecule has 0 unspecified atom stereocenters. The Kier molecular flexibility index (Phi) is 4.07. The van der Waals surface area contributed by atoms with E-state index in [1.165, 1.54) is 0 Å². The summed E-state index contributed by atoms with van der Waals surface area (Å²) >= 11 is 3.48. The van der Waals surface area contributed by atoms with E-state index < -0.39 is 12.0 Å². The molecule has 0 radical (unpaired) electrons. The van der Waals surface area contributed by atoms with E-state index in [1.807, 2.05) is 29.2 Å². The molecule has 1 aromatic carbocycles. The lowest BCUT2D eigenvalue weighted by molar-refractivity contribution is -0.142. The van der Waals surface area contributed by atoms with Gasteiger partial charge in [-0.25, -0.2) is 4.98 Å². The van der Waals surface area contributed by atoms with Crippen molar-refractivity contribution in [3.8, 4) is 11.3 Å². The van der Waals surface area contributed by atoms with Gasteiger partial charge in [-0.3, -0.25) is 9.69 Å². The molecule has 1 atom stereocenters. The van der Waals surface area contributed by atoms with Gasteiger partial charge in [0.25, 0.3) is 0 Å². The molecular weight excluding hydrogens is 336 g/mol. The molecule has 2 heterocycles. The molecule has 0 saturated carbocycles. The molecule has 6 heteroatoms. The Balaban J connectivity index is 1.77. The van der Waals surface area contributed by atoms with E-state index in [2.05, 4.69) is 20.9 Å². The van der Waals surface area contributed by atoms with E-state index in [4.69, 9.17) is 4.42 Å². The normalized spacial score (nSPS) is 19.0. The summed E-state index contributed by atoms with van der Waals surface area (Å²) in [4.78, 5) is 17.3. The number of nitrogens with zero attached hydrogens (tertiary/aromatic N) is 2. The Bertz CT molecular complexity index is 656. The quantitative estimate of drug-likeness (QED) is 0.917. The summed E-state index contributed by atoms with van der Waals surface area (Å²) in [6.07, 6.45) is 3.27. The number of hydrogen-bond donors (Lipinski definition) is 1. The zero-order valence-electron chi connectivity index (χ0n) is 11.3. The first-order chi connectivity index (χ1) is 10.1. The van der Waals surface area contributed by atoms with Gasteiger partial charge in [-0.15, -0.1) is 0 Å². The number of halogens is 1. The zero-order chi connectivity index (χ0) is 14.8. The van der Waals surface area contributed by atoms with Crippen molar-refractivity contribution in [2.75, 3.05) is 6.54 Å². The van der Waals surface area contributed by atoms with Gasteiger partial charge in [0.2, 0.25) is 5.89 Å². The molecule has 110 valence electrons. The van der Waals surface area contributed by atoms with Crippen LogP contribution in [-0.4, -0.2) is 33.5 Å². The van der Waals surface area contributed by atoms with Crippen LogP contribution in [0.4, 0.5) is 0 Å². The summed E-state index contributed by atoms with van der Waals surface area (Å²) < 4.78 is 6.71. The van der Waals surface area contributed by atoms with Crippen molar-refractivity contribution >= 4 is 21.9 Å². The highest BCUT2D eigenvalue weighted by Gasteiger charge is 2.31. The van der Waals surface area contributed by atoms with Crippen molar-refractivity contribution in [2.24, 2.45) is 0 Å². The van der Waals surface area contributed by atoms with Crippen molar-refractivity contribution in [3.05, 3.63) is 40.8 Å². The third kappa shape index (κ3) is 3.01. The lowest BCUT2D eigenvalue weighted by Crippen LogP contribution is -2.35. The van der Waals surface area contributed by atoms with Crippen LogP contribution in [0.1, 0.15) is 18.7 Å². The molecule has 2 aromatic rings. The number of aromatic nitrogens is 1. The molecule has 0 amide bonds. The lowest BCUT2D eigenvalue weighted by Gasteiger charge is -2.18. The van der Waals surface area contributed by atoms with E-state index in [1.54, 1.807) is 6.20 Å². The van der Waals surface area contributed by atoms with Gasteiger partial charge < -0.3 is 9.52 Å². The number of benzene rings is 1. The number of hydrogen-bond acceptors (Lipinski definition) is 4. The molecule has 1 fully saturated rings. The van der Waals surface area contributed by atoms with Crippen LogP contribution in [0.2, 0.25) is 0 Å². The molecule has 21 heavy (non-hydrogen) atoms. The molecule has 0 bridgehead atoms. The maximum atomic E-state index is 11.2. The summed E-state index contributed by atoms with van der Waals surface area (Å²) in [6, 6.07) is 7.34. The fraction of sp³-hybridized carbons (Fsp3) is 0.333. The predicted octanol–water partition coefficient (Wildman–Crippen LogP) is 3.15. The van der Waals surface area contributed by atoms with Gasteiger partial charge >= 0.3 is 5.97 Å². The first-order valence-corrected chi connectivity index (χ1v) is 7.61. The van der Waals surface area contributed by atoms with Crippen molar-refractivity contribution in [1.29, 1.82) is 0 Å². The number of rotatable bonds is 4. The third-order valence-electron chi connectivity index (χ3n) is 3.68. The Hall–Kier alpha value is -1.66. The smallest absolute Gasteiger partial charge is 0.320 e. The molecular formula is C15H15BrN2O3. The van der Waals surface area contributed by atoms with Gasteiger partial charge in [0.15, 0.2) is 5.76 Å². The number of carboxylic acids is 1. The molecule has 5 nitrogen and oxygen atoms in total. The minimum absolute atomic E-state index is 0.427. The Labute approximate surface area is 130 Å². The minimum atomic E-state index is -0.773. The minimum Gasteiger partial charge on any atom is -0.480 e. The molecule has 1 aliphatic rings. The molecule has 0 spiro atoms. The predicted molar refractivity (Wildman–Crippen MR) is 80.7 cm³/mol. The van der Waals surface area contributed by atoms with Crippen LogP contribution in [0.25, 0.3) is 11.3 Å². The zero-order valence-corrected chi connectivity index (χ0v) is 12.9. The summed E-state index contributed by atoms with van der Waals surface area (Å²) in [5.74, 6) is 0.461. The Morgan fingerprint density at radius 2 is 2.29 bits per heavy atom. The van der Waals surface area contributed by atoms with Crippen LogP contribution in [0.15, 0.2) is 39.4 Å². The molecule has 1 N–H and O–H groups in total. The lowest BCUT2D eigenvalue weighted by atomic mass is 10.2. The highest BCUT2D eigenvalue weighted by molar-refractivity contribution is 9.10. The van der Waals surface area contributed by atoms with Gasteiger partial charge in [0.1, 0.15) is 6.04 Å². The van der Waals surface area contributed by atoms with Gasteiger partial charge in [0.05, 0.1) is 12.7 Å². The Morgan fingerprint density at radius 3 is 3.05 bits per heavy atom. The molecule has 1 saturated heterocycles. The number of aliphatic carboxylic acids is 1. The van der Waals surface area contributed by atoms with Crippen molar-refractivity contribution in [2.45, 2.75) is 25.4 Å². The monoisotopic (exact) mass is 350 g/mol. The van der Waals surface area contributed by atoms with Gasteiger partial charge in [-0.1, -0.05) is 34.1 Å². The summed E-state index contributed by atoms with van der Waals surface area (Å²) in [5, 5.41) is 9.18. The van der Waals surface area contributed by atoms with E-state index in [9.17, 15) is 9.90 Å². The Morgan fingerprint density at radius 1 is 1.48 bits per heavy atom. The largest absolute Gasteiger partial charge is 0.480 e. The van der Waals surface area contributed by atoms with Crippen LogP contribution in [0, 0.1) is 0 Å². The average Bonchev–Trinajstić information content (AvgIpc) is 3.09.